The van der Waals surface area contributed by atoms with Gasteiger partial charge in [0, 0.05) is 10.9 Å². The molecule has 0 saturated carbocycles. The Bertz CT molecular complexity index is 737. The molecule has 1 heterocycles. The van der Waals surface area contributed by atoms with E-state index in [9.17, 15) is 5.11 Å². The second kappa shape index (κ2) is 6.06. The minimum absolute atomic E-state index is 0.439. The molecule has 0 fully saturated rings. The lowest BCUT2D eigenvalue weighted by Gasteiger charge is -2.14. The number of aliphatic hydroxyl groups is 1. The highest BCUT2D eigenvalue weighted by atomic mass is 16.3. The number of aromatic nitrogens is 1. The Labute approximate surface area is 125 Å². The first-order valence-electron chi connectivity index (χ1n) is 7.42. The van der Waals surface area contributed by atoms with Crippen LogP contribution in [0.15, 0.2) is 60.7 Å². The Balaban J connectivity index is 2.19. The number of hydrogen-bond donors (Lipinski definition) is 1. The molecule has 0 aliphatic carbocycles. The van der Waals surface area contributed by atoms with Gasteiger partial charge in [-0.25, -0.2) is 4.98 Å². The fraction of sp³-hybridized carbons (Fsp3) is 0.211. The number of fused-ring (bicyclic) bond motifs is 1. The molecule has 2 heteroatoms. The minimum atomic E-state index is -0.439. The van der Waals surface area contributed by atoms with E-state index >= 15 is 0 Å². The summed E-state index contributed by atoms with van der Waals surface area (Å²) in [5.74, 6) is 0. The molecule has 106 valence electrons. The smallest absolute Gasteiger partial charge is 0.0797 e. The summed E-state index contributed by atoms with van der Waals surface area (Å²) in [7, 11) is 0. The number of nitrogens with zero attached hydrogens (tertiary/aromatic N) is 1. The van der Waals surface area contributed by atoms with Crippen molar-refractivity contribution in [2.75, 3.05) is 0 Å². The molecule has 1 N–H and O–H groups in total. The third-order valence-electron chi connectivity index (χ3n) is 3.74. The van der Waals surface area contributed by atoms with Crippen LogP contribution in [0.25, 0.3) is 22.2 Å². The molecule has 0 aliphatic heterocycles. The SMILES string of the molecule is CCCC(O)c1cc(-c2ccccc2)nc2ccccc12. The average molecular weight is 277 g/mol. The van der Waals surface area contributed by atoms with Crippen molar-refractivity contribution in [3.63, 3.8) is 0 Å². The second-order valence-electron chi connectivity index (χ2n) is 5.28. The molecule has 1 atom stereocenters. The van der Waals surface area contributed by atoms with E-state index in [0.29, 0.717) is 0 Å². The van der Waals surface area contributed by atoms with Gasteiger partial charge in [0.15, 0.2) is 0 Å². The summed E-state index contributed by atoms with van der Waals surface area (Å²) in [5.41, 5.74) is 3.90. The Morgan fingerprint density at radius 2 is 1.71 bits per heavy atom. The van der Waals surface area contributed by atoms with Crippen molar-refractivity contribution in [3.8, 4) is 11.3 Å². The normalized spacial score (nSPS) is 12.5. The highest BCUT2D eigenvalue weighted by Crippen LogP contribution is 2.30. The van der Waals surface area contributed by atoms with Crippen molar-refractivity contribution < 1.29 is 5.11 Å². The van der Waals surface area contributed by atoms with E-state index in [0.717, 1.165) is 40.6 Å². The summed E-state index contributed by atoms with van der Waals surface area (Å²) in [6.45, 7) is 2.09. The number of benzene rings is 2. The highest BCUT2D eigenvalue weighted by molar-refractivity contribution is 5.85. The number of aliphatic hydroxyl groups excluding tert-OH is 1. The van der Waals surface area contributed by atoms with E-state index in [4.69, 9.17) is 4.98 Å². The Morgan fingerprint density at radius 3 is 2.48 bits per heavy atom. The van der Waals surface area contributed by atoms with Crippen LogP contribution in [0, 0.1) is 0 Å². The fourth-order valence-corrected chi connectivity index (χ4v) is 2.66. The van der Waals surface area contributed by atoms with Crippen molar-refractivity contribution in [1.29, 1.82) is 0 Å². The summed E-state index contributed by atoms with van der Waals surface area (Å²) < 4.78 is 0. The van der Waals surface area contributed by atoms with Crippen LogP contribution in [0.1, 0.15) is 31.4 Å². The zero-order valence-electron chi connectivity index (χ0n) is 12.2. The first-order chi connectivity index (χ1) is 10.3. The maximum Gasteiger partial charge on any atom is 0.0797 e. The van der Waals surface area contributed by atoms with Crippen molar-refractivity contribution in [2.45, 2.75) is 25.9 Å². The summed E-state index contributed by atoms with van der Waals surface area (Å²) in [6.07, 6.45) is 1.28. The van der Waals surface area contributed by atoms with Crippen LogP contribution in [0.5, 0.6) is 0 Å². The van der Waals surface area contributed by atoms with E-state index in [1.54, 1.807) is 0 Å². The monoisotopic (exact) mass is 277 g/mol. The fourth-order valence-electron chi connectivity index (χ4n) is 2.66. The van der Waals surface area contributed by atoms with Crippen LogP contribution in [-0.4, -0.2) is 10.1 Å². The van der Waals surface area contributed by atoms with Gasteiger partial charge in [0.2, 0.25) is 0 Å². The van der Waals surface area contributed by atoms with E-state index < -0.39 is 6.10 Å². The molecule has 1 unspecified atom stereocenters. The zero-order valence-corrected chi connectivity index (χ0v) is 12.2. The Kier molecular flexibility index (Phi) is 3.98. The molecule has 0 bridgehead atoms. The summed E-state index contributed by atoms with van der Waals surface area (Å²) in [6, 6.07) is 20.2. The van der Waals surface area contributed by atoms with Crippen molar-refractivity contribution in [2.24, 2.45) is 0 Å². The van der Waals surface area contributed by atoms with Gasteiger partial charge in [0.25, 0.3) is 0 Å². The molecule has 2 nitrogen and oxygen atoms in total. The molecule has 2 aromatic carbocycles. The van der Waals surface area contributed by atoms with Gasteiger partial charge in [0.05, 0.1) is 17.3 Å². The zero-order chi connectivity index (χ0) is 14.7. The molecule has 0 saturated heterocycles. The van der Waals surface area contributed by atoms with Gasteiger partial charge < -0.3 is 5.11 Å². The van der Waals surface area contributed by atoms with Crippen molar-refractivity contribution in [3.05, 3.63) is 66.2 Å². The quantitative estimate of drug-likeness (QED) is 0.747. The van der Waals surface area contributed by atoms with Crippen LogP contribution < -0.4 is 0 Å². The molecule has 0 aliphatic rings. The predicted molar refractivity (Wildman–Crippen MR) is 87.0 cm³/mol. The summed E-state index contributed by atoms with van der Waals surface area (Å²) >= 11 is 0. The van der Waals surface area contributed by atoms with Crippen LogP contribution in [0.2, 0.25) is 0 Å². The van der Waals surface area contributed by atoms with E-state index in [2.05, 4.69) is 6.92 Å². The number of pyridine rings is 1. The Morgan fingerprint density at radius 1 is 1.00 bits per heavy atom. The molecule has 1 aromatic heterocycles. The first-order valence-corrected chi connectivity index (χ1v) is 7.42. The molecule has 3 rings (SSSR count). The Hall–Kier alpha value is -2.19. The molecular formula is C19H19NO. The minimum Gasteiger partial charge on any atom is -0.388 e. The number of hydrogen-bond acceptors (Lipinski definition) is 2. The van der Waals surface area contributed by atoms with E-state index in [-0.39, 0.29) is 0 Å². The third-order valence-corrected chi connectivity index (χ3v) is 3.74. The van der Waals surface area contributed by atoms with Gasteiger partial charge >= 0.3 is 0 Å². The lowest BCUT2D eigenvalue weighted by molar-refractivity contribution is 0.168. The topological polar surface area (TPSA) is 33.1 Å². The number of para-hydroxylation sites is 1. The van der Waals surface area contributed by atoms with Gasteiger partial charge in [-0.15, -0.1) is 0 Å². The van der Waals surface area contributed by atoms with E-state index in [1.165, 1.54) is 0 Å². The van der Waals surface area contributed by atoms with Crippen molar-refractivity contribution >= 4 is 10.9 Å². The van der Waals surface area contributed by atoms with Gasteiger partial charge in [-0.05, 0) is 24.1 Å². The third kappa shape index (κ3) is 2.81. The molecule has 0 radical (unpaired) electrons. The van der Waals surface area contributed by atoms with Crippen LogP contribution in [-0.2, 0) is 0 Å². The highest BCUT2D eigenvalue weighted by Gasteiger charge is 2.13. The maximum atomic E-state index is 10.5. The van der Waals surface area contributed by atoms with Gasteiger partial charge in [-0.3, -0.25) is 0 Å². The largest absolute Gasteiger partial charge is 0.388 e. The average Bonchev–Trinajstić information content (AvgIpc) is 2.55. The number of rotatable bonds is 4. The van der Waals surface area contributed by atoms with E-state index in [1.807, 2.05) is 60.7 Å². The molecule has 0 amide bonds. The van der Waals surface area contributed by atoms with Crippen molar-refractivity contribution in [1.82, 2.24) is 4.98 Å². The van der Waals surface area contributed by atoms with Crippen LogP contribution in [0.3, 0.4) is 0 Å². The summed E-state index contributed by atoms with van der Waals surface area (Å²) in [5, 5.41) is 11.5. The first kappa shape index (κ1) is 13.8. The molecule has 21 heavy (non-hydrogen) atoms. The maximum absolute atomic E-state index is 10.5. The second-order valence-corrected chi connectivity index (χ2v) is 5.28. The van der Waals surface area contributed by atoms with Crippen LogP contribution >= 0.6 is 0 Å². The lowest BCUT2D eigenvalue weighted by atomic mass is 9.98. The van der Waals surface area contributed by atoms with Gasteiger partial charge in [-0.1, -0.05) is 61.9 Å². The molecular weight excluding hydrogens is 258 g/mol. The molecule has 3 aromatic rings. The molecule has 0 spiro atoms. The predicted octanol–water partition coefficient (Wildman–Crippen LogP) is 4.74. The van der Waals surface area contributed by atoms with Crippen LogP contribution in [0.4, 0.5) is 0 Å². The van der Waals surface area contributed by atoms with Gasteiger partial charge in [0.1, 0.15) is 0 Å². The summed E-state index contributed by atoms with van der Waals surface area (Å²) in [4.78, 5) is 4.74. The standard InChI is InChI=1S/C19H19NO/c1-2-8-19(21)16-13-18(14-9-4-3-5-10-14)20-17-12-7-6-11-15(16)17/h3-7,9-13,19,21H,2,8H2,1H3. The lowest BCUT2D eigenvalue weighted by Crippen LogP contribution is -2.00. The van der Waals surface area contributed by atoms with Gasteiger partial charge in [-0.2, -0.15) is 0 Å².